The van der Waals surface area contributed by atoms with Crippen molar-refractivity contribution in [1.29, 1.82) is 0 Å². The Morgan fingerprint density at radius 2 is 2.05 bits per heavy atom. The van der Waals surface area contributed by atoms with E-state index in [9.17, 15) is 4.79 Å². The molecule has 104 valence electrons. The monoisotopic (exact) mass is 269 g/mol. The second kappa shape index (κ2) is 6.00. The van der Waals surface area contributed by atoms with Crippen LogP contribution in [0.5, 0.6) is 5.75 Å². The lowest BCUT2D eigenvalue weighted by Gasteiger charge is -2.15. The fourth-order valence-corrected chi connectivity index (χ4v) is 2.77. The van der Waals surface area contributed by atoms with Crippen LogP contribution in [0.1, 0.15) is 44.1 Å². The predicted molar refractivity (Wildman–Crippen MR) is 78.6 cm³/mol. The normalized spacial score (nSPS) is 18.9. The molecule has 1 N–H and O–H groups in total. The second-order valence-electron chi connectivity index (χ2n) is 5.43. The van der Waals surface area contributed by atoms with E-state index in [4.69, 9.17) is 4.74 Å². The molecule has 1 amide bonds. The van der Waals surface area contributed by atoms with Gasteiger partial charge in [0, 0.05) is 5.92 Å². The van der Waals surface area contributed by atoms with E-state index in [2.05, 4.69) is 17.2 Å². The lowest BCUT2D eigenvalue weighted by atomic mass is 9.89. The van der Waals surface area contributed by atoms with Crippen molar-refractivity contribution in [2.24, 2.45) is 5.92 Å². The molecule has 0 unspecified atom stereocenters. The van der Waals surface area contributed by atoms with Crippen LogP contribution in [0.15, 0.2) is 18.2 Å². The summed E-state index contributed by atoms with van der Waals surface area (Å²) < 4.78 is 5.70. The van der Waals surface area contributed by atoms with Crippen LogP contribution in [-0.2, 0) is 4.79 Å². The molecule has 3 nitrogen and oxygen atoms in total. The number of nitrogens with one attached hydrogen (secondary N) is 1. The van der Waals surface area contributed by atoms with Gasteiger partial charge in [0.15, 0.2) is 5.75 Å². The van der Waals surface area contributed by atoms with Gasteiger partial charge < -0.3 is 10.1 Å². The molecular weight excluding hydrogens is 250 g/mol. The third-order valence-corrected chi connectivity index (χ3v) is 3.88. The van der Waals surface area contributed by atoms with Crippen LogP contribution in [0.25, 0.3) is 0 Å². The van der Waals surface area contributed by atoms with E-state index in [1.54, 1.807) is 0 Å². The third kappa shape index (κ3) is 2.96. The van der Waals surface area contributed by atoms with E-state index >= 15 is 0 Å². The van der Waals surface area contributed by atoms with Crippen molar-refractivity contribution in [3.8, 4) is 17.6 Å². The zero-order valence-electron chi connectivity index (χ0n) is 11.6. The van der Waals surface area contributed by atoms with Crippen molar-refractivity contribution in [2.45, 2.75) is 38.5 Å². The van der Waals surface area contributed by atoms with Crippen LogP contribution < -0.4 is 10.1 Å². The summed E-state index contributed by atoms with van der Waals surface area (Å²) >= 11 is 0. The molecule has 0 aromatic heterocycles. The summed E-state index contributed by atoms with van der Waals surface area (Å²) in [5, 5.41) is 2.87. The van der Waals surface area contributed by atoms with Gasteiger partial charge in [-0.2, -0.15) is 0 Å². The minimum absolute atomic E-state index is 0.00106. The Morgan fingerprint density at radius 3 is 2.90 bits per heavy atom. The molecule has 3 heteroatoms. The molecule has 0 atom stereocenters. The molecule has 0 bridgehead atoms. The summed E-state index contributed by atoms with van der Waals surface area (Å²) in [4.78, 5) is 11.5. The molecular formula is C17H19NO2. The predicted octanol–water partition coefficient (Wildman–Crippen LogP) is 3.34. The minimum Gasteiger partial charge on any atom is -0.490 e. The van der Waals surface area contributed by atoms with Crippen LogP contribution in [0.2, 0.25) is 0 Å². The van der Waals surface area contributed by atoms with Gasteiger partial charge in [-0.1, -0.05) is 37.2 Å². The first kappa shape index (κ1) is 13.1. The Hall–Kier alpha value is -1.95. The van der Waals surface area contributed by atoms with Crippen LogP contribution >= 0.6 is 0 Å². The SMILES string of the molecule is O=C1CCOc2c(C#CC3CCCCC3)cccc2N1. The highest BCUT2D eigenvalue weighted by atomic mass is 16.5. The van der Waals surface area contributed by atoms with Gasteiger partial charge in [-0.15, -0.1) is 0 Å². The third-order valence-electron chi connectivity index (χ3n) is 3.88. The average Bonchev–Trinajstić information content (AvgIpc) is 2.67. The number of para-hydroxylation sites is 1. The Labute approximate surface area is 119 Å². The van der Waals surface area contributed by atoms with Gasteiger partial charge in [0.1, 0.15) is 0 Å². The molecule has 0 radical (unpaired) electrons. The highest BCUT2D eigenvalue weighted by molar-refractivity contribution is 5.93. The molecule has 1 aromatic rings. The van der Waals surface area contributed by atoms with Gasteiger partial charge in [-0.05, 0) is 25.0 Å². The minimum atomic E-state index is 0.00106. The molecule has 0 spiro atoms. The van der Waals surface area contributed by atoms with Crippen LogP contribution in [0, 0.1) is 17.8 Å². The first-order valence-corrected chi connectivity index (χ1v) is 7.40. The van der Waals surface area contributed by atoms with Crippen molar-refractivity contribution in [2.75, 3.05) is 11.9 Å². The van der Waals surface area contributed by atoms with Crippen LogP contribution in [0.4, 0.5) is 5.69 Å². The van der Waals surface area contributed by atoms with E-state index < -0.39 is 0 Å². The van der Waals surface area contributed by atoms with E-state index in [1.165, 1.54) is 32.1 Å². The lowest BCUT2D eigenvalue weighted by molar-refractivity contribution is -0.116. The van der Waals surface area contributed by atoms with Crippen molar-refractivity contribution >= 4 is 11.6 Å². The van der Waals surface area contributed by atoms with Crippen molar-refractivity contribution in [1.82, 2.24) is 0 Å². The number of fused-ring (bicyclic) bond motifs is 1. The molecule has 1 heterocycles. The molecule has 1 aliphatic carbocycles. The number of benzene rings is 1. The largest absolute Gasteiger partial charge is 0.490 e. The molecule has 3 rings (SSSR count). The zero-order valence-corrected chi connectivity index (χ0v) is 11.6. The summed E-state index contributed by atoms with van der Waals surface area (Å²) in [6.45, 7) is 0.418. The van der Waals surface area contributed by atoms with E-state index in [0.717, 1.165) is 17.0 Å². The smallest absolute Gasteiger partial charge is 0.227 e. The maximum atomic E-state index is 11.5. The number of hydrogen-bond acceptors (Lipinski definition) is 2. The summed E-state index contributed by atoms with van der Waals surface area (Å²) in [6, 6.07) is 5.75. The Kier molecular flexibility index (Phi) is 3.92. The zero-order chi connectivity index (χ0) is 13.8. The van der Waals surface area contributed by atoms with Crippen molar-refractivity contribution < 1.29 is 9.53 Å². The van der Waals surface area contributed by atoms with Gasteiger partial charge >= 0.3 is 0 Å². The number of rotatable bonds is 0. The molecule has 2 aliphatic rings. The maximum absolute atomic E-state index is 11.5. The highest BCUT2D eigenvalue weighted by Gasteiger charge is 2.16. The van der Waals surface area contributed by atoms with E-state index in [0.29, 0.717) is 18.9 Å². The fraction of sp³-hybridized carbons (Fsp3) is 0.471. The standard InChI is InChI=1S/C17H19NO2/c19-16-11-12-20-17-14(7-4-8-15(17)18-16)10-9-13-5-2-1-3-6-13/h4,7-8,13H,1-3,5-6,11-12H2,(H,18,19). The molecule has 1 saturated carbocycles. The Bertz CT molecular complexity index is 562. The maximum Gasteiger partial charge on any atom is 0.227 e. The van der Waals surface area contributed by atoms with Gasteiger partial charge in [-0.25, -0.2) is 0 Å². The summed E-state index contributed by atoms with van der Waals surface area (Å²) in [5.74, 6) is 7.87. The first-order chi connectivity index (χ1) is 9.83. The molecule has 1 aromatic carbocycles. The summed E-state index contributed by atoms with van der Waals surface area (Å²) in [7, 11) is 0. The van der Waals surface area contributed by atoms with Gasteiger partial charge in [-0.3, -0.25) is 4.79 Å². The van der Waals surface area contributed by atoms with Gasteiger partial charge in [0.2, 0.25) is 5.91 Å². The number of hydrogen-bond donors (Lipinski definition) is 1. The first-order valence-electron chi connectivity index (χ1n) is 7.40. The molecule has 0 saturated heterocycles. The summed E-state index contributed by atoms with van der Waals surface area (Å²) in [6.07, 6.45) is 6.73. The fourth-order valence-electron chi connectivity index (χ4n) is 2.77. The topological polar surface area (TPSA) is 38.3 Å². The van der Waals surface area contributed by atoms with Gasteiger partial charge in [0.05, 0.1) is 24.3 Å². The number of amides is 1. The number of anilines is 1. The number of ether oxygens (including phenoxy) is 1. The van der Waals surface area contributed by atoms with E-state index in [-0.39, 0.29) is 5.91 Å². The highest BCUT2D eigenvalue weighted by Crippen LogP contribution is 2.31. The Balaban J connectivity index is 1.85. The number of carbonyl (C=O) groups is 1. The van der Waals surface area contributed by atoms with Crippen LogP contribution in [0.3, 0.4) is 0 Å². The number of carbonyl (C=O) groups excluding carboxylic acids is 1. The van der Waals surface area contributed by atoms with Gasteiger partial charge in [0.25, 0.3) is 0 Å². The molecule has 1 fully saturated rings. The lowest BCUT2D eigenvalue weighted by Crippen LogP contribution is -2.10. The Morgan fingerprint density at radius 1 is 1.20 bits per heavy atom. The van der Waals surface area contributed by atoms with Crippen LogP contribution in [-0.4, -0.2) is 12.5 Å². The second-order valence-corrected chi connectivity index (χ2v) is 5.43. The summed E-state index contributed by atoms with van der Waals surface area (Å²) in [5.41, 5.74) is 1.62. The molecule has 20 heavy (non-hydrogen) atoms. The average molecular weight is 269 g/mol. The molecule has 1 aliphatic heterocycles. The van der Waals surface area contributed by atoms with Crippen molar-refractivity contribution in [3.63, 3.8) is 0 Å². The quantitative estimate of drug-likeness (QED) is 0.734. The van der Waals surface area contributed by atoms with E-state index in [1.807, 2.05) is 18.2 Å². The van der Waals surface area contributed by atoms with Crippen molar-refractivity contribution in [3.05, 3.63) is 23.8 Å².